The summed E-state index contributed by atoms with van der Waals surface area (Å²) in [5.74, 6) is 0. The van der Waals surface area contributed by atoms with Crippen LogP contribution in [0.2, 0.25) is 5.02 Å². The van der Waals surface area contributed by atoms with Crippen LogP contribution in [0.3, 0.4) is 0 Å². The van der Waals surface area contributed by atoms with Gasteiger partial charge in [0.05, 0.1) is 11.2 Å². The normalized spacial score (nSPS) is 9.20. The minimum atomic E-state index is 0. The Bertz CT molecular complexity index is 446. The lowest BCUT2D eigenvalue weighted by Crippen LogP contribution is -1.98. The Balaban J connectivity index is 0.000000980. The Morgan fingerprint density at radius 3 is 2.53 bits per heavy atom. The van der Waals surface area contributed by atoms with Crippen molar-refractivity contribution in [2.24, 2.45) is 5.73 Å². The number of aromatic nitrogens is 1. The van der Waals surface area contributed by atoms with E-state index in [0.29, 0.717) is 6.54 Å². The summed E-state index contributed by atoms with van der Waals surface area (Å²) in [4.78, 5) is 4.35. The van der Waals surface area contributed by atoms with Crippen molar-refractivity contribution in [2.45, 2.75) is 6.54 Å². The van der Waals surface area contributed by atoms with Gasteiger partial charge in [0.15, 0.2) is 0 Å². The minimum Gasteiger partial charge on any atom is -0.325 e. The molecule has 2 rings (SSSR count). The van der Waals surface area contributed by atoms with Crippen molar-refractivity contribution in [3.05, 3.63) is 41.0 Å². The number of nitrogens with zero attached hydrogens (tertiary/aromatic N) is 1. The summed E-state index contributed by atoms with van der Waals surface area (Å²) in [6, 6.07) is 9.52. The van der Waals surface area contributed by atoms with Crippen LogP contribution in [0.4, 0.5) is 0 Å². The van der Waals surface area contributed by atoms with E-state index < -0.39 is 0 Å². The third-order valence-electron chi connectivity index (χ3n) is 1.92. The predicted molar refractivity (Wildman–Crippen MR) is 69.1 cm³/mol. The molecule has 1 aromatic carbocycles. The fourth-order valence-electron chi connectivity index (χ4n) is 1.25. The quantitative estimate of drug-likeness (QED) is 0.860. The van der Waals surface area contributed by atoms with E-state index in [1.54, 1.807) is 0 Å². The molecule has 1 heterocycles. The van der Waals surface area contributed by atoms with Crippen molar-refractivity contribution >= 4 is 47.3 Å². The first-order valence-corrected chi connectivity index (χ1v) is 4.42. The standard InChI is InChI=1S/C10H9ClN2.2ClH/c11-8-2-4-10-7(5-8)1-3-9(6-12)13-10;;/h1-5H,6,12H2;2*1H. The number of rotatable bonds is 1. The van der Waals surface area contributed by atoms with E-state index >= 15 is 0 Å². The number of hydrogen-bond donors (Lipinski definition) is 1. The van der Waals surface area contributed by atoms with Gasteiger partial charge in [0.2, 0.25) is 0 Å². The summed E-state index contributed by atoms with van der Waals surface area (Å²) in [5, 5.41) is 1.78. The predicted octanol–water partition coefficient (Wildman–Crippen LogP) is 3.19. The van der Waals surface area contributed by atoms with E-state index in [-0.39, 0.29) is 24.8 Å². The van der Waals surface area contributed by atoms with Crippen LogP contribution in [0.1, 0.15) is 5.69 Å². The Morgan fingerprint density at radius 1 is 1.13 bits per heavy atom. The van der Waals surface area contributed by atoms with Crippen LogP contribution in [0.15, 0.2) is 30.3 Å². The monoisotopic (exact) mass is 264 g/mol. The Hall–Kier alpha value is -0.540. The third-order valence-corrected chi connectivity index (χ3v) is 2.15. The van der Waals surface area contributed by atoms with E-state index in [4.69, 9.17) is 17.3 Å². The van der Waals surface area contributed by atoms with Crippen molar-refractivity contribution in [1.82, 2.24) is 4.98 Å². The molecule has 15 heavy (non-hydrogen) atoms. The summed E-state index contributed by atoms with van der Waals surface area (Å²) in [6.07, 6.45) is 0. The Morgan fingerprint density at radius 2 is 1.87 bits per heavy atom. The number of nitrogens with two attached hydrogens (primary N) is 1. The third kappa shape index (κ3) is 3.21. The minimum absolute atomic E-state index is 0. The molecule has 2 nitrogen and oxygen atoms in total. The van der Waals surface area contributed by atoms with Crippen LogP contribution in [0, 0.1) is 0 Å². The summed E-state index contributed by atoms with van der Waals surface area (Å²) in [6.45, 7) is 0.471. The van der Waals surface area contributed by atoms with Crippen LogP contribution >= 0.6 is 36.4 Å². The number of benzene rings is 1. The highest BCUT2D eigenvalue weighted by Crippen LogP contribution is 2.17. The van der Waals surface area contributed by atoms with Gasteiger partial charge in [-0.05, 0) is 24.3 Å². The van der Waals surface area contributed by atoms with E-state index in [0.717, 1.165) is 21.6 Å². The highest BCUT2D eigenvalue weighted by molar-refractivity contribution is 6.31. The molecule has 1 aromatic heterocycles. The van der Waals surface area contributed by atoms with E-state index in [1.807, 2.05) is 30.3 Å². The van der Waals surface area contributed by atoms with Gasteiger partial charge in [-0.2, -0.15) is 0 Å². The van der Waals surface area contributed by atoms with Gasteiger partial charge in [0, 0.05) is 17.0 Å². The molecule has 0 fully saturated rings. The van der Waals surface area contributed by atoms with Gasteiger partial charge in [-0.25, -0.2) is 0 Å². The lowest BCUT2D eigenvalue weighted by Gasteiger charge is -2.00. The zero-order chi connectivity index (χ0) is 9.26. The van der Waals surface area contributed by atoms with Gasteiger partial charge < -0.3 is 5.73 Å². The van der Waals surface area contributed by atoms with E-state index in [2.05, 4.69) is 4.98 Å². The van der Waals surface area contributed by atoms with Gasteiger partial charge in [0.1, 0.15) is 0 Å². The number of fused-ring (bicyclic) bond motifs is 1. The lowest BCUT2D eigenvalue weighted by molar-refractivity contribution is 1.01. The zero-order valence-corrected chi connectivity index (χ0v) is 10.2. The molecule has 5 heteroatoms. The lowest BCUT2D eigenvalue weighted by atomic mass is 10.2. The highest BCUT2D eigenvalue weighted by Gasteiger charge is 1.97. The van der Waals surface area contributed by atoms with E-state index in [1.165, 1.54) is 0 Å². The van der Waals surface area contributed by atoms with Crippen LogP contribution < -0.4 is 5.73 Å². The van der Waals surface area contributed by atoms with Crippen LogP contribution in [0.25, 0.3) is 10.9 Å². The van der Waals surface area contributed by atoms with Crippen molar-refractivity contribution in [1.29, 1.82) is 0 Å². The molecular weight excluding hydrogens is 254 g/mol. The first-order chi connectivity index (χ1) is 6.29. The van der Waals surface area contributed by atoms with Gasteiger partial charge in [-0.15, -0.1) is 24.8 Å². The van der Waals surface area contributed by atoms with Gasteiger partial charge in [-0.1, -0.05) is 17.7 Å². The maximum absolute atomic E-state index is 5.84. The smallest absolute Gasteiger partial charge is 0.0706 e. The molecule has 0 saturated carbocycles. The molecule has 2 N–H and O–H groups in total. The van der Waals surface area contributed by atoms with Crippen LogP contribution in [0.5, 0.6) is 0 Å². The largest absolute Gasteiger partial charge is 0.325 e. The molecule has 82 valence electrons. The van der Waals surface area contributed by atoms with Gasteiger partial charge in [-0.3, -0.25) is 4.98 Å². The molecule has 0 saturated heterocycles. The molecule has 0 spiro atoms. The molecule has 0 atom stereocenters. The molecule has 0 radical (unpaired) electrons. The second kappa shape index (κ2) is 6.13. The molecular formula is C10H11Cl3N2. The summed E-state index contributed by atoms with van der Waals surface area (Å²) >= 11 is 5.84. The van der Waals surface area contributed by atoms with Crippen molar-refractivity contribution in [2.75, 3.05) is 0 Å². The fourth-order valence-corrected chi connectivity index (χ4v) is 1.43. The summed E-state index contributed by atoms with van der Waals surface area (Å²) in [5.41, 5.74) is 7.32. The zero-order valence-electron chi connectivity index (χ0n) is 7.81. The Kier molecular flexibility index (Phi) is 5.91. The van der Waals surface area contributed by atoms with Crippen molar-refractivity contribution in [3.63, 3.8) is 0 Å². The topological polar surface area (TPSA) is 38.9 Å². The summed E-state index contributed by atoms with van der Waals surface area (Å²) in [7, 11) is 0. The van der Waals surface area contributed by atoms with E-state index in [9.17, 15) is 0 Å². The van der Waals surface area contributed by atoms with Gasteiger partial charge >= 0.3 is 0 Å². The molecule has 0 amide bonds. The maximum atomic E-state index is 5.84. The van der Waals surface area contributed by atoms with Crippen molar-refractivity contribution in [3.8, 4) is 0 Å². The first kappa shape index (κ1) is 14.5. The first-order valence-electron chi connectivity index (χ1n) is 4.05. The van der Waals surface area contributed by atoms with Crippen LogP contribution in [-0.2, 0) is 6.54 Å². The molecule has 2 aromatic rings. The molecule has 0 unspecified atom stereocenters. The molecule has 0 aliphatic carbocycles. The average molecular weight is 266 g/mol. The number of pyridine rings is 1. The van der Waals surface area contributed by atoms with Crippen molar-refractivity contribution < 1.29 is 0 Å². The molecule has 0 aliphatic rings. The number of hydrogen-bond acceptors (Lipinski definition) is 2. The fraction of sp³-hybridized carbons (Fsp3) is 0.100. The SMILES string of the molecule is Cl.Cl.NCc1ccc2cc(Cl)ccc2n1. The highest BCUT2D eigenvalue weighted by atomic mass is 35.5. The second-order valence-electron chi connectivity index (χ2n) is 2.84. The number of halogens is 3. The van der Waals surface area contributed by atoms with Crippen LogP contribution in [-0.4, -0.2) is 4.98 Å². The second-order valence-corrected chi connectivity index (χ2v) is 3.28. The molecule has 0 bridgehead atoms. The summed E-state index contributed by atoms with van der Waals surface area (Å²) < 4.78 is 0. The average Bonchev–Trinajstić information content (AvgIpc) is 2.17. The maximum Gasteiger partial charge on any atom is 0.0706 e. The molecule has 0 aliphatic heterocycles. The van der Waals surface area contributed by atoms with Gasteiger partial charge in [0.25, 0.3) is 0 Å². The Labute approximate surface area is 106 Å².